The monoisotopic (exact) mass is 286 g/mol. The zero-order valence-electron chi connectivity index (χ0n) is 11.2. The molecule has 0 atom stereocenters. The van der Waals surface area contributed by atoms with Crippen LogP contribution in [0.15, 0.2) is 12.1 Å². The Hall–Kier alpha value is -1.33. The van der Waals surface area contributed by atoms with Crippen molar-refractivity contribution in [2.75, 3.05) is 25.1 Å². The molecule has 0 unspecified atom stereocenters. The van der Waals surface area contributed by atoms with Crippen LogP contribution in [0.5, 0.6) is 0 Å². The average molecular weight is 287 g/mol. The van der Waals surface area contributed by atoms with Crippen LogP contribution in [-0.2, 0) is 0 Å². The van der Waals surface area contributed by atoms with Gasteiger partial charge in [-0.1, -0.05) is 11.6 Å². The van der Waals surface area contributed by atoms with E-state index in [2.05, 4.69) is 0 Å². The van der Waals surface area contributed by atoms with E-state index in [-0.39, 0.29) is 17.3 Å². The van der Waals surface area contributed by atoms with Crippen LogP contribution >= 0.6 is 11.6 Å². The molecular formula is C13H19ClN2O3. The van der Waals surface area contributed by atoms with Crippen LogP contribution in [0.4, 0.5) is 11.4 Å². The number of hydrogen-bond donors (Lipinski definition) is 1. The highest BCUT2D eigenvalue weighted by Gasteiger charge is 2.16. The van der Waals surface area contributed by atoms with E-state index in [4.69, 9.17) is 16.7 Å². The highest BCUT2D eigenvalue weighted by atomic mass is 35.5. The van der Waals surface area contributed by atoms with E-state index in [0.717, 1.165) is 37.1 Å². The number of aryl methyl sites for hydroxylation is 1. The summed E-state index contributed by atoms with van der Waals surface area (Å²) in [4.78, 5) is 12.3. The third kappa shape index (κ3) is 4.36. The zero-order chi connectivity index (χ0) is 14.4. The van der Waals surface area contributed by atoms with Gasteiger partial charge in [-0.25, -0.2) is 0 Å². The van der Waals surface area contributed by atoms with Gasteiger partial charge < -0.3 is 10.0 Å². The molecule has 0 saturated carbocycles. The van der Waals surface area contributed by atoms with Gasteiger partial charge in [0.15, 0.2) is 0 Å². The fraction of sp³-hybridized carbons (Fsp3) is 0.538. The first kappa shape index (κ1) is 15.7. The summed E-state index contributed by atoms with van der Waals surface area (Å²) in [5.74, 6) is 0. The lowest BCUT2D eigenvalue weighted by atomic mass is 10.1. The number of unbranched alkanes of at least 4 members (excludes halogenated alkanes) is 2. The maximum atomic E-state index is 10.8. The topological polar surface area (TPSA) is 66.6 Å². The molecule has 1 rings (SSSR count). The molecular weight excluding hydrogens is 268 g/mol. The Kier molecular flexibility index (Phi) is 6.05. The zero-order valence-corrected chi connectivity index (χ0v) is 12.0. The van der Waals surface area contributed by atoms with Gasteiger partial charge in [-0.05, 0) is 37.8 Å². The van der Waals surface area contributed by atoms with Crippen molar-refractivity contribution in [1.82, 2.24) is 0 Å². The lowest BCUT2D eigenvalue weighted by Crippen LogP contribution is -2.19. The number of aliphatic hydroxyl groups is 1. The Labute approximate surface area is 117 Å². The summed E-state index contributed by atoms with van der Waals surface area (Å²) in [7, 11) is 1.93. The lowest BCUT2D eigenvalue weighted by molar-refractivity contribution is -0.384. The number of nitrogens with zero attached hydrogens (tertiary/aromatic N) is 2. The van der Waals surface area contributed by atoms with Crippen LogP contribution in [0.25, 0.3) is 0 Å². The Balaban J connectivity index is 2.77. The van der Waals surface area contributed by atoms with Crippen molar-refractivity contribution in [1.29, 1.82) is 0 Å². The molecule has 0 spiro atoms. The van der Waals surface area contributed by atoms with Gasteiger partial charge in [-0.3, -0.25) is 10.1 Å². The Morgan fingerprint density at radius 2 is 2.05 bits per heavy atom. The number of anilines is 1. The highest BCUT2D eigenvalue weighted by molar-refractivity contribution is 6.33. The predicted octanol–water partition coefficient (Wildman–Crippen LogP) is 3.16. The molecule has 106 valence electrons. The second-order valence-corrected chi connectivity index (χ2v) is 4.96. The SMILES string of the molecule is Cc1cc([N+](=O)[O-])c(Cl)cc1N(C)CCCCCO. The summed E-state index contributed by atoms with van der Waals surface area (Å²) in [5.41, 5.74) is 1.68. The number of rotatable bonds is 7. The highest BCUT2D eigenvalue weighted by Crippen LogP contribution is 2.32. The van der Waals surface area contributed by atoms with Crippen LogP contribution < -0.4 is 4.90 Å². The molecule has 19 heavy (non-hydrogen) atoms. The number of nitro benzene ring substituents is 1. The van der Waals surface area contributed by atoms with Crippen LogP contribution in [0.1, 0.15) is 24.8 Å². The van der Waals surface area contributed by atoms with Crippen molar-refractivity contribution in [2.45, 2.75) is 26.2 Å². The molecule has 0 bridgehead atoms. The van der Waals surface area contributed by atoms with E-state index in [1.807, 2.05) is 18.9 Å². The second kappa shape index (κ2) is 7.31. The summed E-state index contributed by atoms with van der Waals surface area (Å²) >= 11 is 5.92. The van der Waals surface area contributed by atoms with Gasteiger partial charge in [0.1, 0.15) is 5.02 Å². The van der Waals surface area contributed by atoms with Gasteiger partial charge in [0.2, 0.25) is 0 Å². The first-order valence-corrected chi connectivity index (χ1v) is 6.61. The van der Waals surface area contributed by atoms with E-state index in [1.165, 1.54) is 6.07 Å². The van der Waals surface area contributed by atoms with Gasteiger partial charge in [0.25, 0.3) is 5.69 Å². The molecule has 0 fully saturated rings. The molecule has 1 N–H and O–H groups in total. The number of aliphatic hydroxyl groups excluding tert-OH is 1. The van der Waals surface area contributed by atoms with E-state index >= 15 is 0 Å². The van der Waals surface area contributed by atoms with Crippen LogP contribution in [-0.4, -0.2) is 30.2 Å². The fourth-order valence-corrected chi connectivity index (χ4v) is 2.19. The van der Waals surface area contributed by atoms with E-state index in [0.29, 0.717) is 0 Å². The van der Waals surface area contributed by atoms with Gasteiger partial charge in [-0.2, -0.15) is 0 Å². The quantitative estimate of drug-likeness (QED) is 0.475. The lowest BCUT2D eigenvalue weighted by Gasteiger charge is -2.21. The smallest absolute Gasteiger partial charge is 0.288 e. The van der Waals surface area contributed by atoms with Gasteiger partial charge in [0, 0.05) is 32.0 Å². The summed E-state index contributed by atoms with van der Waals surface area (Å²) in [6.45, 7) is 2.88. The van der Waals surface area contributed by atoms with Gasteiger partial charge >= 0.3 is 0 Å². The normalized spacial score (nSPS) is 10.5. The largest absolute Gasteiger partial charge is 0.396 e. The minimum atomic E-state index is -0.472. The van der Waals surface area contributed by atoms with Gasteiger partial charge in [0.05, 0.1) is 4.92 Å². The Morgan fingerprint density at radius 3 is 2.63 bits per heavy atom. The maximum Gasteiger partial charge on any atom is 0.288 e. The molecule has 1 aromatic rings. The molecule has 0 radical (unpaired) electrons. The molecule has 0 heterocycles. The Bertz CT molecular complexity index is 452. The summed E-state index contributed by atoms with van der Waals surface area (Å²) in [6.07, 6.45) is 2.72. The second-order valence-electron chi connectivity index (χ2n) is 4.55. The number of hydrogen-bond acceptors (Lipinski definition) is 4. The number of halogens is 1. The van der Waals surface area contributed by atoms with E-state index in [1.54, 1.807) is 6.07 Å². The van der Waals surface area contributed by atoms with Crippen molar-refractivity contribution in [3.63, 3.8) is 0 Å². The van der Waals surface area contributed by atoms with Crippen molar-refractivity contribution in [3.8, 4) is 0 Å². The van der Waals surface area contributed by atoms with Crippen molar-refractivity contribution in [2.24, 2.45) is 0 Å². The summed E-state index contributed by atoms with van der Waals surface area (Å²) < 4.78 is 0. The number of nitro groups is 1. The minimum absolute atomic E-state index is 0.0587. The standard InChI is InChI=1S/C13H19ClN2O3/c1-10-8-13(16(18)19)11(14)9-12(10)15(2)6-4-3-5-7-17/h8-9,17H,3-7H2,1-2H3. The number of benzene rings is 1. The third-order valence-corrected chi connectivity index (χ3v) is 3.33. The van der Waals surface area contributed by atoms with Crippen LogP contribution in [0, 0.1) is 17.0 Å². The van der Waals surface area contributed by atoms with E-state index < -0.39 is 4.92 Å². The first-order chi connectivity index (χ1) is 8.97. The molecule has 0 aliphatic carbocycles. The van der Waals surface area contributed by atoms with Crippen molar-refractivity contribution < 1.29 is 10.0 Å². The maximum absolute atomic E-state index is 10.8. The minimum Gasteiger partial charge on any atom is -0.396 e. The van der Waals surface area contributed by atoms with Crippen LogP contribution in [0.3, 0.4) is 0 Å². The van der Waals surface area contributed by atoms with Crippen molar-refractivity contribution >= 4 is 23.0 Å². The molecule has 1 aromatic carbocycles. The molecule has 0 saturated heterocycles. The van der Waals surface area contributed by atoms with Gasteiger partial charge in [-0.15, -0.1) is 0 Å². The molecule has 0 aliphatic heterocycles. The summed E-state index contributed by atoms with van der Waals surface area (Å²) in [6, 6.07) is 3.14. The molecule has 0 aliphatic rings. The third-order valence-electron chi connectivity index (χ3n) is 3.02. The van der Waals surface area contributed by atoms with E-state index in [9.17, 15) is 10.1 Å². The summed E-state index contributed by atoms with van der Waals surface area (Å²) in [5, 5.41) is 19.7. The molecule has 0 aromatic heterocycles. The Morgan fingerprint density at radius 1 is 1.37 bits per heavy atom. The fourth-order valence-electron chi connectivity index (χ4n) is 1.96. The predicted molar refractivity (Wildman–Crippen MR) is 77.1 cm³/mol. The van der Waals surface area contributed by atoms with Crippen LogP contribution in [0.2, 0.25) is 5.02 Å². The average Bonchev–Trinajstić information content (AvgIpc) is 2.36. The molecule has 5 nitrogen and oxygen atoms in total. The van der Waals surface area contributed by atoms with Crippen molar-refractivity contribution in [3.05, 3.63) is 32.8 Å². The molecule has 0 amide bonds. The first-order valence-electron chi connectivity index (χ1n) is 6.24. The molecule has 6 heteroatoms.